The first-order valence-electron chi connectivity index (χ1n) is 10.2. The molecule has 0 spiro atoms. The quantitative estimate of drug-likeness (QED) is 0.654. The highest BCUT2D eigenvalue weighted by Crippen LogP contribution is 2.26. The third-order valence-electron chi connectivity index (χ3n) is 5.14. The van der Waals surface area contributed by atoms with E-state index in [1.54, 1.807) is 48.5 Å². The molecular formula is C23H27ClN2O3. The fourth-order valence-electron chi connectivity index (χ4n) is 3.53. The highest BCUT2D eigenvalue weighted by atomic mass is 35.5. The van der Waals surface area contributed by atoms with Crippen molar-refractivity contribution in [3.8, 4) is 5.75 Å². The summed E-state index contributed by atoms with van der Waals surface area (Å²) < 4.78 is 5.81. The van der Waals surface area contributed by atoms with E-state index < -0.39 is 6.10 Å². The predicted molar refractivity (Wildman–Crippen MR) is 116 cm³/mol. The molecule has 2 amide bonds. The summed E-state index contributed by atoms with van der Waals surface area (Å²) in [5.74, 6) is -0.0160. The van der Waals surface area contributed by atoms with Crippen molar-refractivity contribution >= 4 is 29.1 Å². The van der Waals surface area contributed by atoms with Crippen molar-refractivity contribution in [1.82, 2.24) is 5.32 Å². The molecule has 5 nitrogen and oxygen atoms in total. The number of nitrogens with one attached hydrogen (secondary N) is 2. The monoisotopic (exact) mass is 414 g/mol. The lowest BCUT2D eigenvalue weighted by Crippen LogP contribution is -2.37. The number of carbonyl (C=O) groups excluding carboxylic acids is 2. The van der Waals surface area contributed by atoms with Gasteiger partial charge in [-0.05, 0) is 43.5 Å². The Morgan fingerprint density at radius 3 is 2.48 bits per heavy atom. The van der Waals surface area contributed by atoms with Gasteiger partial charge in [-0.3, -0.25) is 9.59 Å². The summed E-state index contributed by atoms with van der Waals surface area (Å²) in [6.45, 7) is 1.86. The van der Waals surface area contributed by atoms with Crippen molar-refractivity contribution in [3.05, 3.63) is 59.1 Å². The largest absolute Gasteiger partial charge is 0.479 e. The Morgan fingerprint density at radius 2 is 1.76 bits per heavy atom. The van der Waals surface area contributed by atoms with Crippen molar-refractivity contribution in [2.24, 2.45) is 0 Å². The minimum absolute atomic E-state index is 0.159. The molecule has 0 saturated heterocycles. The predicted octanol–water partition coefficient (Wildman–Crippen LogP) is 5.20. The molecule has 0 aromatic heterocycles. The molecule has 3 rings (SSSR count). The van der Waals surface area contributed by atoms with Crippen LogP contribution in [0.1, 0.15) is 55.8 Å². The van der Waals surface area contributed by atoms with Gasteiger partial charge in [-0.1, -0.05) is 62.1 Å². The SMILES string of the molecule is CC[C@@H](Oc1ccccc1Cl)C(=O)Nc1ccccc1C(=O)NC1CCCCC1. The van der Waals surface area contributed by atoms with E-state index in [-0.39, 0.29) is 17.9 Å². The average Bonchev–Trinajstić information content (AvgIpc) is 2.74. The van der Waals surface area contributed by atoms with Gasteiger partial charge >= 0.3 is 0 Å². The molecule has 29 heavy (non-hydrogen) atoms. The van der Waals surface area contributed by atoms with E-state index in [1.165, 1.54) is 6.42 Å². The van der Waals surface area contributed by atoms with Gasteiger partial charge in [-0.15, -0.1) is 0 Å². The van der Waals surface area contributed by atoms with E-state index in [0.717, 1.165) is 25.7 Å². The summed E-state index contributed by atoms with van der Waals surface area (Å²) in [5.41, 5.74) is 0.936. The molecule has 0 unspecified atom stereocenters. The van der Waals surface area contributed by atoms with Crippen molar-refractivity contribution in [2.75, 3.05) is 5.32 Å². The van der Waals surface area contributed by atoms with Crippen LogP contribution in [0.25, 0.3) is 0 Å². The van der Waals surface area contributed by atoms with Crippen LogP contribution >= 0.6 is 11.6 Å². The minimum Gasteiger partial charge on any atom is -0.479 e. The normalized spacial score (nSPS) is 15.4. The molecule has 154 valence electrons. The average molecular weight is 415 g/mol. The second-order valence-corrected chi connectivity index (χ2v) is 7.70. The van der Waals surface area contributed by atoms with Crippen LogP contribution in [0.5, 0.6) is 5.75 Å². The third-order valence-corrected chi connectivity index (χ3v) is 5.45. The molecule has 1 atom stereocenters. The minimum atomic E-state index is -0.718. The smallest absolute Gasteiger partial charge is 0.265 e. The number of halogens is 1. The van der Waals surface area contributed by atoms with E-state index in [4.69, 9.17) is 16.3 Å². The number of carbonyl (C=O) groups is 2. The molecule has 1 fully saturated rings. The number of rotatable bonds is 7. The van der Waals surface area contributed by atoms with Crippen LogP contribution in [-0.2, 0) is 4.79 Å². The van der Waals surface area contributed by atoms with Gasteiger partial charge in [0.05, 0.1) is 16.3 Å². The van der Waals surface area contributed by atoms with Gasteiger partial charge in [0.1, 0.15) is 5.75 Å². The molecule has 1 aliphatic rings. The molecule has 6 heteroatoms. The Labute approximate surface area is 176 Å². The van der Waals surface area contributed by atoms with Crippen molar-refractivity contribution < 1.29 is 14.3 Å². The van der Waals surface area contributed by atoms with E-state index in [9.17, 15) is 9.59 Å². The number of benzene rings is 2. The van der Waals surface area contributed by atoms with Crippen LogP contribution in [0.4, 0.5) is 5.69 Å². The van der Waals surface area contributed by atoms with Crippen LogP contribution < -0.4 is 15.4 Å². The first-order valence-corrected chi connectivity index (χ1v) is 10.6. The Kier molecular flexibility index (Phi) is 7.53. The zero-order valence-corrected chi connectivity index (χ0v) is 17.4. The van der Waals surface area contributed by atoms with Gasteiger partial charge in [0.2, 0.25) is 0 Å². The van der Waals surface area contributed by atoms with Gasteiger partial charge in [0.25, 0.3) is 11.8 Å². The molecule has 2 N–H and O–H groups in total. The zero-order valence-electron chi connectivity index (χ0n) is 16.6. The van der Waals surface area contributed by atoms with Crippen molar-refractivity contribution in [1.29, 1.82) is 0 Å². The lowest BCUT2D eigenvalue weighted by molar-refractivity contribution is -0.122. The fraction of sp³-hybridized carbons (Fsp3) is 0.391. The second kappa shape index (κ2) is 10.3. The first-order chi connectivity index (χ1) is 14.1. The Balaban J connectivity index is 1.69. The summed E-state index contributed by atoms with van der Waals surface area (Å²) in [6, 6.07) is 14.3. The molecule has 2 aromatic carbocycles. The number of anilines is 1. The second-order valence-electron chi connectivity index (χ2n) is 7.29. The number of ether oxygens (including phenoxy) is 1. The van der Waals surface area contributed by atoms with Crippen LogP contribution in [0, 0.1) is 0 Å². The van der Waals surface area contributed by atoms with Crippen molar-refractivity contribution in [2.45, 2.75) is 57.6 Å². The highest BCUT2D eigenvalue weighted by Gasteiger charge is 2.23. The summed E-state index contributed by atoms with van der Waals surface area (Å²) in [5, 5.41) is 6.40. The molecular weight excluding hydrogens is 388 g/mol. The van der Waals surface area contributed by atoms with Gasteiger partial charge in [-0.25, -0.2) is 0 Å². The molecule has 0 bridgehead atoms. The van der Waals surface area contributed by atoms with Gasteiger partial charge in [-0.2, -0.15) is 0 Å². The number of hydrogen-bond donors (Lipinski definition) is 2. The summed E-state index contributed by atoms with van der Waals surface area (Å²) >= 11 is 6.14. The standard InChI is InChI=1S/C23H27ClN2O3/c1-2-20(29-21-15-9-7-13-18(21)24)23(28)26-19-14-8-6-12-17(19)22(27)25-16-10-4-3-5-11-16/h6-9,12-16,20H,2-5,10-11H2,1H3,(H,25,27)(H,26,28)/t20-/m1/s1. The van der Waals surface area contributed by atoms with Gasteiger partial charge < -0.3 is 15.4 Å². The van der Waals surface area contributed by atoms with Crippen molar-refractivity contribution in [3.63, 3.8) is 0 Å². The molecule has 0 aliphatic heterocycles. The summed E-state index contributed by atoms with van der Waals surface area (Å²) in [6.07, 6.45) is 5.26. The lowest BCUT2D eigenvalue weighted by atomic mass is 9.95. The maximum atomic E-state index is 12.8. The van der Waals surface area contributed by atoms with E-state index in [1.807, 2.05) is 6.92 Å². The molecule has 2 aromatic rings. The van der Waals surface area contributed by atoms with Crippen LogP contribution in [0.15, 0.2) is 48.5 Å². The maximum absolute atomic E-state index is 12.8. The number of hydrogen-bond acceptors (Lipinski definition) is 3. The maximum Gasteiger partial charge on any atom is 0.265 e. The van der Waals surface area contributed by atoms with E-state index in [2.05, 4.69) is 10.6 Å². The molecule has 0 heterocycles. The number of para-hydroxylation sites is 2. The Morgan fingerprint density at radius 1 is 1.07 bits per heavy atom. The fourth-order valence-corrected chi connectivity index (χ4v) is 3.71. The third kappa shape index (κ3) is 5.73. The van der Waals surface area contributed by atoms with Crippen LogP contribution in [0.3, 0.4) is 0 Å². The van der Waals surface area contributed by atoms with E-state index in [0.29, 0.717) is 28.4 Å². The number of amides is 2. The summed E-state index contributed by atoms with van der Waals surface area (Å²) in [4.78, 5) is 25.6. The van der Waals surface area contributed by atoms with Gasteiger partial charge in [0, 0.05) is 6.04 Å². The van der Waals surface area contributed by atoms with Crippen LogP contribution in [0.2, 0.25) is 5.02 Å². The lowest BCUT2D eigenvalue weighted by Gasteiger charge is -2.23. The zero-order chi connectivity index (χ0) is 20.6. The highest BCUT2D eigenvalue weighted by molar-refractivity contribution is 6.32. The summed E-state index contributed by atoms with van der Waals surface area (Å²) in [7, 11) is 0. The Bertz CT molecular complexity index is 850. The molecule has 1 saturated carbocycles. The first kappa shape index (κ1) is 21.2. The van der Waals surface area contributed by atoms with E-state index >= 15 is 0 Å². The van der Waals surface area contributed by atoms with Crippen LogP contribution in [-0.4, -0.2) is 24.0 Å². The Hall–Kier alpha value is -2.53. The topological polar surface area (TPSA) is 67.4 Å². The van der Waals surface area contributed by atoms with Gasteiger partial charge in [0.15, 0.2) is 6.10 Å². The molecule has 0 radical (unpaired) electrons. The molecule has 1 aliphatic carbocycles.